The lowest BCUT2D eigenvalue weighted by atomic mass is 10.0. The van der Waals surface area contributed by atoms with E-state index in [-0.39, 0.29) is 11.2 Å². The van der Waals surface area contributed by atoms with Gasteiger partial charge in [-0.25, -0.2) is 24.2 Å². The van der Waals surface area contributed by atoms with Gasteiger partial charge in [0.15, 0.2) is 11.3 Å². The summed E-state index contributed by atoms with van der Waals surface area (Å²) in [5.41, 5.74) is -2.75. The second-order valence-electron chi connectivity index (χ2n) is 8.71. The third kappa shape index (κ3) is 4.23. The number of ether oxygens (including phenoxy) is 1. The molecule has 3 aromatic rings. The average Bonchev–Trinajstić information content (AvgIpc) is 3.01. The highest BCUT2D eigenvalue weighted by atomic mass is 19.4. The van der Waals surface area contributed by atoms with Crippen LogP contribution in [0.4, 0.5) is 13.2 Å². The fourth-order valence-electron chi connectivity index (χ4n) is 3.80. The van der Waals surface area contributed by atoms with Crippen LogP contribution >= 0.6 is 0 Å². The van der Waals surface area contributed by atoms with E-state index in [1.54, 1.807) is 32.9 Å². The van der Waals surface area contributed by atoms with Crippen LogP contribution in [0.5, 0.6) is 0 Å². The van der Waals surface area contributed by atoms with E-state index >= 15 is 0 Å². The van der Waals surface area contributed by atoms with Crippen molar-refractivity contribution in [1.29, 1.82) is 0 Å². The van der Waals surface area contributed by atoms with Gasteiger partial charge < -0.3 is 4.74 Å². The smallest absolute Gasteiger partial charge is 0.433 e. The minimum absolute atomic E-state index is 0.0370. The van der Waals surface area contributed by atoms with Crippen molar-refractivity contribution in [3.63, 3.8) is 0 Å². The monoisotopic (exact) mass is 449 g/mol. The number of rotatable bonds is 3. The third-order valence-electron chi connectivity index (χ3n) is 5.07. The highest BCUT2D eigenvalue weighted by Gasteiger charge is 2.37. The Morgan fingerprint density at radius 2 is 2.03 bits per heavy atom. The number of fused-ring (bicyclic) bond motifs is 2. The van der Waals surface area contributed by atoms with Crippen molar-refractivity contribution in [1.82, 2.24) is 24.3 Å². The van der Waals surface area contributed by atoms with Gasteiger partial charge in [-0.3, -0.25) is 4.57 Å². The number of hydrogen-bond donors (Lipinski definition) is 0. The largest absolute Gasteiger partial charge is 0.458 e. The molecule has 1 aliphatic rings. The number of carbonyl (C=O) groups is 1. The summed E-state index contributed by atoms with van der Waals surface area (Å²) < 4.78 is 48.6. The molecule has 3 aromatic heterocycles. The molecular formula is C21H22F3N5O3. The number of alkyl halides is 3. The van der Waals surface area contributed by atoms with Crippen molar-refractivity contribution >= 4 is 17.0 Å². The van der Waals surface area contributed by atoms with Crippen molar-refractivity contribution in [3.8, 4) is 0 Å². The van der Waals surface area contributed by atoms with E-state index in [0.29, 0.717) is 30.5 Å². The zero-order valence-electron chi connectivity index (χ0n) is 17.8. The number of halogens is 3. The fraction of sp³-hybridized carbons (Fsp3) is 0.476. The number of aromatic nitrogens is 5. The zero-order chi connectivity index (χ0) is 23.3. The van der Waals surface area contributed by atoms with E-state index in [0.717, 1.165) is 4.68 Å². The van der Waals surface area contributed by atoms with E-state index in [1.807, 2.05) is 0 Å². The molecule has 0 unspecified atom stereocenters. The Morgan fingerprint density at radius 3 is 2.72 bits per heavy atom. The Bertz CT molecular complexity index is 1240. The second-order valence-corrected chi connectivity index (χ2v) is 8.71. The van der Waals surface area contributed by atoms with Crippen LogP contribution < -0.4 is 5.69 Å². The van der Waals surface area contributed by atoms with Crippen molar-refractivity contribution in [2.45, 2.75) is 64.4 Å². The molecular weight excluding hydrogens is 427 g/mol. The molecule has 4 rings (SSSR count). The van der Waals surface area contributed by atoms with Gasteiger partial charge in [0.25, 0.3) is 0 Å². The van der Waals surface area contributed by atoms with Crippen LogP contribution in [0, 0.1) is 0 Å². The zero-order valence-corrected chi connectivity index (χ0v) is 17.8. The Balaban J connectivity index is 1.75. The van der Waals surface area contributed by atoms with Gasteiger partial charge in [-0.05, 0) is 51.8 Å². The van der Waals surface area contributed by atoms with Gasteiger partial charge in [0, 0.05) is 23.6 Å². The van der Waals surface area contributed by atoms with Crippen molar-refractivity contribution in [2.24, 2.45) is 0 Å². The molecule has 0 aromatic carbocycles. The van der Waals surface area contributed by atoms with Crippen LogP contribution in [0.15, 0.2) is 29.2 Å². The van der Waals surface area contributed by atoms with Crippen LogP contribution in [0.3, 0.4) is 0 Å². The average molecular weight is 449 g/mol. The maximum Gasteiger partial charge on any atom is 0.433 e. The molecule has 1 aliphatic heterocycles. The highest BCUT2D eigenvalue weighted by Crippen LogP contribution is 2.32. The summed E-state index contributed by atoms with van der Waals surface area (Å²) in [4.78, 5) is 33.3. The van der Waals surface area contributed by atoms with Crippen LogP contribution in [-0.4, -0.2) is 35.9 Å². The van der Waals surface area contributed by atoms with Crippen LogP contribution in [0.2, 0.25) is 0 Å². The predicted molar refractivity (Wildman–Crippen MR) is 108 cm³/mol. The molecule has 32 heavy (non-hydrogen) atoms. The van der Waals surface area contributed by atoms with Gasteiger partial charge in [0.1, 0.15) is 17.5 Å². The van der Waals surface area contributed by atoms with Crippen LogP contribution in [-0.2, 0) is 28.7 Å². The molecule has 0 aliphatic carbocycles. The Labute approximate surface area is 181 Å². The molecule has 0 saturated heterocycles. The Hall–Kier alpha value is -3.24. The lowest BCUT2D eigenvalue weighted by molar-refractivity contribution is -0.159. The Morgan fingerprint density at radius 1 is 1.28 bits per heavy atom. The molecule has 0 radical (unpaired) electrons. The topological polar surface area (TPSA) is 91.9 Å². The maximum atomic E-state index is 13.7. The maximum absolute atomic E-state index is 13.7. The van der Waals surface area contributed by atoms with Gasteiger partial charge >= 0.3 is 17.8 Å². The minimum atomic E-state index is -4.73. The predicted octanol–water partition coefficient (Wildman–Crippen LogP) is 3.27. The number of pyridine rings is 2. The Kier molecular flexibility index (Phi) is 5.30. The first kappa shape index (κ1) is 22.0. The minimum Gasteiger partial charge on any atom is -0.458 e. The first-order chi connectivity index (χ1) is 14.9. The van der Waals surface area contributed by atoms with Crippen molar-refractivity contribution in [2.75, 3.05) is 0 Å². The summed E-state index contributed by atoms with van der Waals surface area (Å²) in [7, 11) is 0. The number of nitrogens with zero attached hydrogens (tertiary/aromatic N) is 5. The highest BCUT2D eigenvalue weighted by molar-refractivity contribution is 5.76. The molecule has 0 N–H and O–H groups in total. The molecule has 170 valence electrons. The molecule has 0 bridgehead atoms. The van der Waals surface area contributed by atoms with Crippen molar-refractivity contribution < 1.29 is 22.7 Å². The fourth-order valence-corrected chi connectivity index (χ4v) is 3.80. The lowest BCUT2D eigenvalue weighted by Crippen LogP contribution is -2.38. The summed E-state index contributed by atoms with van der Waals surface area (Å²) in [5, 5.41) is 4.64. The third-order valence-corrected chi connectivity index (χ3v) is 5.07. The summed E-state index contributed by atoms with van der Waals surface area (Å²) in [6, 6.07) is 3.64. The SMILES string of the molecule is CC(C)(C)OC(=O)[C@@H]1CCCc2nn(Cc3cc4cccnc4nc3C(F)(F)F)c(=O)n21. The summed E-state index contributed by atoms with van der Waals surface area (Å²) in [5.74, 6) is -0.212. The van der Waals surface area contributed by atoms with Crippen molar-refractivity contribution in [3.05, 3.63) is 52.0 Å². The van der Waals surface area contributed by atoms with E-state index in [1.165, 1.54) is 16.8 Å². The summed E-state index contributed by atoms with van der Waals surface area (Å²) in [6.45, 7) is 4.73. The van der Waals surface area contributed by atoms with Gasteiger partial charge in [0.2, 0.25) is 0 Å². The molecule has 0 fully saturated rings. The molecule has 0 amide bonds. The van der Waals surface area contributed by atoms with Gasteiger partial charge in [-0.2, -0.15) is 18.3 Å². The number of esters is 1. The number of hydrogen-bond acceptors (Lipinski definition) is 6. The standard InChI is InChI=1S/C21H22F3N5O3/c1-20(2,3)32-18(30)14-7-4-8-15-27-28(19(31)29(14)15)11-13-10-12-6-5-9-25-17(12)26-16(13)21(22,23)24/h5-6,9-10,14H,4,7-8,11H2,1-3H3/t14-/m0/s1. The normalized spacial score (nSPS) is 16.8. The number of aryl methyl sites for hydroxylation is 1. The lowest BCUT2D eigenvalue weighted by Gasteiger charge is -2.26. The molecule has 1 atom stereocenters. The van der Waals surface area contributed by atoms with Gasteiger partial charge in [0.05, 0.1) is 6.54 Å². The molecule has 0 spiro atoms. The van der Waals surface area contributed by atoms with E-state index in [4.69, 9.17) is 4.74 Å². The summed E-state index contributed by atoms with van der Waals surface area (Å²) in [6.07, 6.45) is -1.93. The van der Waals surface area contributed by atoms with E-state index < -0.39 is 41.7 Å². The first-order valence-corrected chi connectivity index (χ1v) is 10.2. The van der Waals surface area contributed by atoms with Crippen LogP contribution in [0.25, 0.3) is 11.0 Å². The van der Waals surface area contributed by atoms with E-state index in [2.05, 4.69) is 15.1 Å². The quantitative estimate of drug-likeness (QED) is 0.570. The first-order valence-electron chi connectivity index (χ1n) is 10.2. The second kappa shape index (κ2) is 7.72. The van der Waals surface area contributed by atoms with E-state index in [9.17, 15) is 22.8 Å². The van der Waals surface area contributed by atoms with Gasteiger partial charge in [-0.15, -0.1) is 0 Å². The molecule has 11 heteroatoms. The molecule has 4 heterocycles. The van der Waals surface area contributed by atoms with Gasteiger partial charge in [-0.1, -0.05) is 0 Å². The molecule has 0 saturated carbocycles. The number of carbonyl (C=O) groups excluding carboxylic acids is 1. The molecule has 8 nitrogen and oxygen atoms in total. The summed E-state index contributed by atoms with van der Waals surface area (Å²) >= 11 is 0. The van der Waals surface area contributed by atoms with Crippen LogP contribution in [0.1, 0.15) is 56.7 Å².